The number of piperazine rings is 1. The van der Waals surface area contributed by atoms with E-state index in [4.69, 9.17) is 0 Å². The molecule has 0 unspecified atom stereocenters. The number of benzene rings is 1. The number of sulfonamides is 1. The summed E-state index contributed by atoms with van der Waals surface area (Å²) in [5.41, 5.74) is 0. The minimum Gasteiger partial charge on any atom is -0.283 e. The largest absolute Gasteiger partial charge is 0.335 e. The van der Waals surface area contributed by atoms with Gasteiger partial charge in [-0.25, -0.2) is 22.5 Å². The Morgan fingerprint density at radius 2 is 1.52 bits per heavy atom. The second-order valence-corrected chi connectivity index (χ2v) is 8.88. The first kappa shape index (κ1) is 21.3. The molecule has 11 heteroatoms. The average molecular weight is 426 g/mol. The Kier molecular flexibility index (Phi) is 6.30. The lowest BCUT2D eigenvalue weighted by atomic mass is 10.3. The predicted octanol–water partition coefficient (Wildman–Crippen LogP) is 0.680. The zero-order chi connectivity index (χ0) is 21.2. The van der Waals surface area contributed by atoms with Crippen molar-refractivity contribution in [3.63, 3.8) is 0 Å². The van der Waals surface area contributed by atoms with Crippen LogP contribution in [0.2, 0.25) is 0 Å². The fraction of sp³-hybridized carbons (Fsp3) is 0.500. The molecule has 0 bridgehead atoms. The van der Waals surface area contributed by atoms with E-state index in [-0.39, 0.29) is 31.2 Å². The van der Waals surface area contributed by atoms with Crippen LogP contribution in [-0.2, 0) is 19.6 Å². The highest BCUT2D eigenvalue weighted by atomic mass is 32.2. The fourth-order valence-electron chi connectivity index (χ4n) is 3.26. The number of urea groups is 1. The highest BCUT2D eigenvalue weighted by Gasteiger charge is 2.44. The van der Waals surface area contributed by atoms with Gasteiger partial charge in [0.25, 0.3) is 0 Å². The van der Waals surface area contributed by atoms with Crippen LogP contribution in [0, 0.1) is 5.82 Å². The summed E-state index contributed by atoms with van der Waals surface area (Å²) in [6.07, 6.45) is 1.41. The summed E-state index contributed by atoms with van der Waals surface area (Å²) < 4.78 is 39.6. The maximum absolute atomic E-state index is 13.0. The maximum atomic E-state index is 13.0. The Morgan fingerprint density at radius 3 is 2.10 bits per heavy atom. The van der Waals surface area contributed by atoms with Crippen molar-refractivity contribution in [2.45, 2.75) is 24.7 Å². The molecule has 2 saturated heterocycles. The van der Waals surface area contributed by atoms with Crippen LogP contribution in [0.3, 0.4) is 0 Å². The summed E-state index contributed by atoms with van der Waals surface area (Å²) in [6, 6.07) is 3.99. The van der Waals surface area contributed by atoms with Crippen LogP contribution >= 0.6 is 0 Å². The van der Waals surface area contributed by atoms with Crippen LogP contribution in [-0.4, -0.2) is 84.7 Å². The molecule has 1 aromatic carbocycles. The number of amides is 4. The molecule has 0 aromatic heterocycles. The summed E-state index contributed by atoms with van der Waals surface area (Å²) in [5.74, 6) is -2.19. The molecule has 2 aliphatic rings. The Morgan fingerprint density at radius 1 is 0.931 bits per heavy atom. The quantitative estimate of drug-likeness (QED) is 0.470. The molecule has 2 fully saturated rings. The van der Waals surface area contributed by atoms with Gasteiger partial charge in [-0.2, -0.15) is 4.31 Å². The Balaban J connectivity index is 1.60. The van der Waals surface area contributed by atoms with Crippen molar-refractivity contribution in [2.75, 3.05) is 39.4 Å². The number of hydrogen-bond donors (Lipinski definition) is 0. The first-order chi connectivity index (χ1) is 13.8. The molecule has 0 radical (unpaired) electrons. The third kappa shape index (κ3) is 4.31. The van der Waals surface area contributed by atoms with E-state index in [9.17, 15) is 27.2 Å². The molecule has 1 aromatic rings. The molecule has 0 N–H and O–H groups in total. The van der Waals surface area contributed by atoms with Gasteiger partial charge in [0, 0.05) is 32.7 Å². The van der Waals surface area contributed by atoms with Gasteiger partial charge in [0.05, 0.1) is 11.6 Å². The normalized spacial score (nSPS) is 19.4. The first-order valence-electron chi connectivity index (χ1n) is 9.41. The predicted molar refractivity (Wildman–Crippen MR) is 100 cm³/mol. The molecule has 0 saturated carbocycles. The second-order valence-electron chi connectivity index (χ2n) is 6.94. The maximum Gasteiger partial charge on any atom is 0.335 e. The summed E-state index contributed by atoms with van der Waals surface area (Å²) in [6.45, 7) is 2.97. The van der Waals surface area contributed by atoms with E-state index >= 15 is 0 Å². The van der Waals surface area contributed by atoms with Crippen LogP contribution in [0.5, 0.6) is 0 Å². The van der Waals surface area contributed by atoms with Crippen molar-refractivity contribution in [1.29, 1.82) is 0 Å². The van der Waals surface area contributed by atoms with Gasteiger partial charge in [-0.3, -0.25) is 19.4 Å². The van der Waals surface area contributed by atoms with E-state index in [0.717, 1.165) is 28.4 Å². The summed E-state index contributed by atoms with van der Waals surface area (Å²) in [5, 5.41) is 0. The Hall–Kier alpha value is -2.37. The van der Waals surface area contributed by atoms with Crippen molar-refractivity contribution in [3.8, 4) is 0 Å². The van der Waals surface area contributed by atoms with Crippen LogP contribution in [0.25, 0.3) is 0 Å². The van der Waals surface area contributed by atoms with Crippen LogP contribution in [0.4, 0.5) is 9.18 Å². The molecule has 3 rings (SSSR count). The van der Waals surface area contributed by atoms with Gasteiger partial charge in [-0.1, -0.05) is 13.3 Å². The van der Waals surface area contributed by atoms with E-state index < -0.39 is 33.7 Å². The van der Waals surface area contributed by atoms with Crippen molar-refractivity contribution >= 4 is 27.9 Å². The van der Waals surface area contributed by atoms with Crippen molar-refractivity contribution in [1.82, 2.24) is 19.0 Å². The number of unbranched alkanes of at least 4 members (excludes halogenated alkanes) is 1. The third-order valence-corrected chi connectivity index (χ3v) is 6.91. The second kappa shape index (κ2) is 8.56. The van der Waals surface area contributed by atoms with E-state index in [0.29, 0.717) is 19.5 Å². The lowest BCUT2D eigenvalue weighted by Gasteiger charge is -2.35. The molecule has 0 atom stereocenters. The van der Waals surface area contributed by atoms with E-state index in [1.807, 2.05) is 6.92 Å². The van der Waals surface area contributed by atoms with Crippen molar-refractivity contribution in [2.24, 2.45) is 0 Å². The Labute approximate surface area is 168 Å². The lowest BCUT2D eigenvalue weighted by Crippen LogP contribution is -2.52. The van der Waals surface area contributed by atoms with Crippen LogP contribution in [0.15, 0.2) is 29.2 Å². The average Bonchev–Trinajstić information content (AvgIpc) is 2.90. The zero-order valence-electron chi connectivity index (χ0n) is 16.1. The van der Waals surface area contributed by atoms with Gasteiger partial charge in [0.15, 0.2) is 0 Å². The molecule has 0 spiro atoms. The van der Waals surface area contributed by atoms with Gasteiger partial charge in [0.1, 0.15) is 5.82 Å². The Bertz CT molecular complexity index is 897. The molecule has 4 amide bonds. The van der Waals surface area contributed by atoms with Gasteiger partial charge < -0.3 is 0 Å². The molecular weight excluding hydrogens is 403 g/mol. The van der Waals surface area contributed by atoms with E-state index in [1.54, 1.807) is 4.90 Å². The van der Waals surface area contributed by atoms with E-state index in [2.05, 4.69) is 0 Å². The fourth-order valence-corrected chi connectivity index (χ4v) is 4.68. The van der Waals surface area contributed by atoms with E-state index in [1.165, 1.54) is 16.4 Å². The minimum atomic E-state index is -3.75. The standard InChI is InChI=1S/C18H23FN4O5S/c1-2-3-8-22-16(24)17(25)23(18(22)26)13-20-9-11-21(12-10-20)29(27,28)15-6-4-14(19)5-7-15/h4-7H,2-3,8-13H2,1H3. The molecule has 0 aliphatic carbocycles. The number of imide groups is 2. The minimum absolute atomic E-state index is 0.00871. The molecular formula is C18H23FN4O5S. The van der Waals surface area contributed by atoms with Gasteiger partial charge in [0.2, 0.25) is 10.0 Å². The van der Waals surface area contributed by atoms with Crippen LogP contribution < -0.4 is 0 Å². The molecule has 9 nitrogen and oxygen atoms in total. The number of halogens is 1. The van der Waals surface area contributed by atoms with Crippen molar-refractivity contribution < 1.29 is 27.2 Å². The molecule has 29 heavy (non-hydrogen) atoms. The van der Waals surface area contributed by atoms with Gasteiger partial charge in [-0.15, -0.1) is 0 Å². The zero-order valence-corrected chi connectivity index (χ0v) is 16.9. The number of carbonyl (C=O) groups excluding carboxylic acids is 3. The summed E-state index contributed by atoms with van der Waals surface area (Å²) >= 11 is 0. The summed E-state index contributed by atoms with van der Waals surface area (Å²) in [4.78, 5) is 40.2. The first-order valence-corrected chi connectivity index (χ1v) is 10.8. The third-order valence-electron chi connectivity index (χ3n) is 4.99. The molecule has 2 heterocycles. The van der Waals surface area contributed by atoms with Gasteiger partial charge >= 0.3 is 17.8 Å². The van der Waals surface area contributed by atoms with Crippen LogP contribution in [0.1, 0.15) is 19.8 Å². The van der Waals surface area contributed by atoms with Gasteiger partial charge in [-0.05, 0) is 30.7 Å². The number of rotatable bonds is 7. The number of nitrogens with zero attached hydrogens (tertiary/aromatic N) is 4. The molecule has 158 valence electrons. The number of carbonyl (C=O) groups is 3. The summed E-state index contributed by atoms with van der Waals surface area (Å²) in [7, 11) is -3.75. The monoisotopic (exact) mass is 426 g/mol. The highest BCUT2D eigenvalue weighted by Crippen LogP contribution is 2.19. The highest BCUT2D eigenvalue weighted by molar-refractivity contribution is 7.89. The SMILES string of the molecule is CCCCN1C(=O)C(=O)N(CN2CCN(S(=O)(=O)c3ccc(F)cc3)CC2)C1=O. The molecule has 2 aliphatic heterocycles. The number of hydrogen-bond acceptors (Lipinski definition) is 6. The topological polar surface area (TPSA) is 98.3 Å². The smallest absolute Gasteiger partial charge is 0.283 e. The lowest BCUT2D eigenvalue weighted by molar-refractivity contribution is -0.144. The van der Waals surface area contributed by atoms with Crippen molar-refractivity contribution in [3.05, 3.63) is 30.1 Å².